The fourth-order valence-electron chi connectivity index (χ4n) is 3.07. The van der Waals surface area contributed by atoms with Crippen molar-refractivity contribution in [3.63, 3.8) is 0 Å². The molecule has 0 spiro atoms. The molecule has 2 aromatic rings. The van der Waals surface area contributed by atoms with E-state index in [9.17, 15) is 9.59 Å². The molecule has 5 nitrogen and oxygen atoms in total. The number of carbonyl (C=O) groups excluding carboxylic acids is 2. The molecular weight excluding hydrogens is 314 g/mol. The molecule has 0 fully saturated rings. The predicted molar refractivity (Wildman–Crippen MR) is 101 cm³/mol. The maximum absolute atomic E-state index is 12.4. The Labute approximate surface area is 147 Å². The number of nitrogens with one attached hydrogen (secondary N) is 3. The van der Waals surface area contributed by atoms with Gasteiger partial charge in [-0.2, -0.15) is 0 Å². The summed E-state index contributed by atoms with van der Waals surface area (Å²) >= 11 is 0. The van der Waals surface area contributed by atoms with Crippen molar-refractivity contribution >= 4 is 28.9 Å². The molecule has 2 aromatic carbocycles. The van der Waals surface area contributed by atoms with Crippen LogP contribution >= 0.6 is 0 Å². The molecule has 3 rings (SSSR count). The molecule has 1 aliphatic rings. The Balaban J connectivity index is 1.58. The van der Waals surface area contributed by atoms with E-state index in [-0.39, 0.29) is 17.9 Å². The third kappa shape index (κ3) is 4.38. The minimum absolute atomic E-state index is 0.104. The van der Waals surface area contributed by atoms with Gasteiger partial charge in [-0.1, -0.05) is 6.07 Å². The van der Waals surface area contributed by atoms with E-state index < -0.39 is 0 Å². The summed E-state index contributed by atoms with van der Waals surface area (Å²) in [5, 5.41) is 8.84. The second kappa shape index (κ2) is 7.38. The lowest BCUT2D eigenvalue weighted by atomic mass is 10.1. The first-order valence-corrected chi connectivity index (χ1v) is 8.58. The Morgan fingerprint density at radius 1 is 0.880 bits per heavy atom. The zero-order chi connectivity index (χ0) is 17.8. The van der Waals surface area contributed by atoms with Gasteiger partial charge in [0.15, 0.2) is 0 Å². The van der Waals surface area contributed by atoms with E-state index >= 15 is 0 Å². The molecule has 0 unspecified atom stereocenters. The molecule has 2 amide bonds. The maximum Gasteiger partial charge on any atom is 0.246 e. The lowest BCUT2D eigenvalue weighted by Gasteiger charge is -2.16. The number of anilines is 3. The van der Waals surface area contributed by atoms with Crippen LogP contribution in [0, 0.1) is 0 Å². The van der Waals surface area contributed by atoms with Gasteiger partial charge in [-0.15, -0.1) is 0 Å². The van der Waals surface area contributed by atoms with E-state index in [0.29, 0.717) is 11.4 Å². The monoisotopic (exact) mass is 337 g/mol. The normalized spacial score (nSPS) is 13.7. The van der Waals surface area contributed by atoms with Gasteiger partial charge in [0, 0.05) is 24.0 Å². The smallest absolute Gasteiger partial charge is 0.246 e. The summed E-state index contributed by atoms with van der Waals surface area (Å²) in [7, 11) is 0. The van der Waals surface area contributed by atoms with Gasteiger partial charge in [0.2, 0.25) is 11.8 Å². The summed E-state index contributed by atoms with van der Waals surface area (Å²) in [6, 6.07) is 13.0. The fourth-order valence-corrected chi connectivity index (χ4v) is 3.07. The molecule has 1 atom stereocenters. The molecule has 1 aliphatic carbocycles. The quantitative estimate of drug-likeness (QED) is 0.781. The second-order valence-electron chi connectivity index (χ2n) is 6.45. The molecule has 3 N–H and O–H groups in total. The highest BCUT2D eigenvalue weighted by atomic mass is 16.2. The number of hydrogen-bond donors (Lipinski definition) is 3. The van der Waals surface area contributed by atoms with Crippen molar-refractivity contribution in [3.05, 3.63) is 53.6 Å². The van der Waals surface area contributed by atoms with Crippen molar-refractivity contribution in [2.75, 3.05) is 16.0 Å². The number of aryl methyl sites for hydroxylation is 2. The summed E-state index contributed by atoms with van der Waals surface area (Å²) < 4.78 is 0. The van der Waals surface area contributed by atoms with Gasteiger partial charge < -0.3 is 16.0 Å². The van der Waals surface area contributed by atoms with Crippen molar-refractivity contribution < 1.29 is 9.59 Å². The van der Waals surface area contributed by atoms with E-state index in [0.717, 1.165) is 18.5 Å². The summed E-state index contributed by atoms with van der Waals surface area (Å²) in [5.74, 6) is -0.225. The van der Waals surface area contributed by atoms with Crippen LogP contribution in [0.1, 0.15) is 31.4 Å². The largest absolute Gasteiger partial charge is 0.374 e. The zero-order valence-electron chi connectivity index (χ0n) is 14.6. The number of fused-ring (bicyclic) bond motifs is 1. The summed E-state index contributed by atoms with van der Waals surface area (Å²) in [6.07, 6.45) is 3.48. The van der Waals surface area contributed by atoms with Crippen LogP contribution in [0.15, 0.2) is 42.5 Å². The van der Waals surface area contributed by atoms with Gasteiger partial charge in [-0.05, 0) is 73.7 Å². The van der Waals surface area contributed by atoms with E-state index in [4.69, 9.17) is 0 Å². The number of benzene rings is 2. The predicted octanol–water partition coefficient (Wildman–Crippen LogP) is 3.57. The highest BCUT2D eigenvalue weighted by Gasteiger charge is 2.15. The number of rotatable bonds is 5. The molecule has 130 valence electrons. The lowest BCUT2D eigenvalue weighted by molar-refractivity contribution is -0.116. The summed E-state index contributed by atoms with van der Waals surface area (Å²) in [5.41, 5.74) is 5.17. The highest BCUT2D eigenvalue weighted by Crippen LogP contribution is 2.25. The molecule has 0 aliphatic heterocycles. The Morgan fingerprint density at radius 3 is 2.16 bits per heavy atom. The van der Waals surface area contributed by atoms with Crippen LogP contribution in [-0.2, 0) is 22.4 Å². The SMILES string of the molecule is CC(=O)Nc1ccc(NC(=O)[C@@H](C)Nc2ccc3c(c2)CCC3)cc1. The summed E-state index contributed by atoms with van der Waals surface area (Å²) in [6.45, 7) is 3.30. The van der Waals surface area contributed by atoms with Crippen molar-refractivity contribution in [1.29, 1.82) is 0 Å². The van der Waals surface area contributed by atoms with Crippen LogP contribution < -0.4 is 16.0 Å². The van der Waals surface area contributed by atoms with Gasteiger partial charge in [-0.3, -0.25) is 9.59 Å². The van der Waals surface area contributed by atoms with Crippen LogP contribution in [0.5, 0.6) is 0 Å². The van der Waals surface area contributed by atoms with Crippen molar-refractivity contribution in [3.8, 4) is 0 Å². The standard InChI is InChI=1S/C20H23N3O2/c1-13(21-19-7-6-15-4-3-5-16(15)12-19)20(25)23-18-10-8-17(9-11-18)22-14(2)24/h6-13,21H,3-5H2,1-2H3,(H,22,24)(H,23,25)/t13-/m1/s1. The van der Waals surface area contributed by atoms with Crippen molar-refractivity contribution in [2.45, 2.75) is 39.2 Å². The molecule has 0 saturated carbocycles. The average Bonchev–Trinajstić information content (AvgIpc) is 3.03. The van der Waals surface area contributed by atoms with E-state index in [2.05, 4.69) is 28.1 Å². The first kappa shape index (κ1) is 17.0. The van der Waals surface area contributed by atoms with Gasteiger partial charge in [0.1, 0.15) is 6.04 Å². The third-order valence-corrected chi connectivity index (χ3v) is 4.35. The fraction of sp³-hybridized carbons (Fsp3) is 0.300. The van der Waals surface area contributed by atoms with E-state index in [1.54, 1.807) is 24.3 Å². The third-order valence-electron chi connectivity index (χ3n) is 4.35. The Bertz CT molecular complexity index is 784. The average molecular weight is 337 g/mol. The molecule has 5 heteroatoms. The Morgan fingerprint density at radius 2 is 1.48 bits per heavy atom. The van der Waals surface area contributed by atoms with Crippen LogP contribution in [0.4, 0.5) is 17.1 Å². The van der Waals surface area contributed by atoms with Crippen LogP contribution in [0.2, 0.25) is 0 Å². The number of carbonyl (C=O) groups is 2. The molecule has 0 heterocycles. The van der Waals surface area contributed by atoms with Crippen LogP contribution in [0.3, 0.4) is 0 Å². The minimum Gasteiger partial charge on any atom is -0.374 e. The number of hydrogen-bond acceptors (Lipinski definition) is 3. The van der Waals surface area contributed by atoms with Crippen molar-refractivity contribution in [1.82, 2.24) is 0 Å². The molecule has 0 radical (unpaired) electrons. The van der Waals surface area contributed by atoms with Gasteiger partial charge in [0.05, 0.1) is 0 Å². The second-order valence-corrected chi connectivity index (χ2v) is 6.45. The minimum atomic E-state index is -0.352. The van der Waals surface area contributed by atoms with Gasteiger partial charge in [0.25, 0.3) is 0 Å². The van der Waals surface area contributed by atoms with Gasteiger partial charge in [-0.25, -0.2) is 0 Å². The molecule has 0 bridgehead atoms. The first-order valence-electron chi connectivity index (χ1n) is 8.58. The molecular formula is C20H23N3O2. The first-order chi connectivity index (χ1) is 12.0. The molecule has 0 saturated heterocycles. The van der Waals surface area contributed by atoms with Crippen molar-refractivity contribution in [2.24, 2.45) is 0 Å². The summed E-state index contributed by atoms with van der Waals surface area (Å²) in [4.78, 5) is 23.4. The molecule has 25 heavy (non-hydrogen) atoms. The zero-order valence-corrected chi connectivity index (χ0v) is 14.6. The Kier molecular flexibility index (Phi) is 5.03. The number of amides is 2. The van der Waals surface area contributed by atoms with Gasteiger partial charge >= 0.3 is 0 Å². The van der Waals surface area contributed by atoms with Crippen LogP contribution in [-0.4, -0.2) is 17.9 Å². The van der Waals surface area contributed by atoms with E-state index in [1.807, 2.05) is 13.0 Å². The molecule has 0 aromatic heterocycles. The highest BCUT2D eigenvalue weighted by molar-refractivity contribution is 5.96. The lowest BCUT2D eigenvalue weighted by Crippen LogP contribution is -2.31. The van der Waals surface area contributed by atoms with E-state index in [1.165, 1.54) is 24.5 Å². The Hall–Kier alpha value is -2.82. The van der Waals surface area contributed by atoms with Crippen LogP contribution in [0.25, 0.3) is 0 Å². The topological polar surface area (TPSA) is 70.2 Å². The maximum atomic E-state index is 12.4.